The van der Waals surface area contributed by atoms with Gasteiger partial charge in [-0.05, 0) is 12.8 Å². The first kappa shape index (κ1) is 8.54. The molecule has 0 fully saturated rings. The van der Waals surface area contributed by atoms with E-state index in [0.29, 0.717) is 0 Å². The molecule has 1 nitrogen and oxygen atoms in total. The lowest BCUT2D eigenvalue weighted by molar-refractivity contribution is -0.781. The molecule has 1 rings (SSSR count). The number of hydrogen-bond donors (Lipinski definition) is 0. The number of hydrogen-bond acceptors (Lipinski definition) is 0. The lowest BCUT2D eigenvalue weighted by atomic mass is 10.1. The third-order valence-electron chi connectivity index (χ3n) is 1.99. The zero-order valence-electron chi connectivity index (χ0n) is 7.80. The van der Waals surface area contributed by atoms with Gasteiger partial charge in [0.25, 0.3) is 0 Å². The van der Waals surface area contributed by atoms with E-state index in [4.69, 9.17) is 0 Å². The van der Waals surface area contributed by atoms with Crippen molar-refractivity contribution in [3.63, 3.8) is 0 Å². The second-order valence-electron chi connectivity index (χ2n) is 3.75. The van der Waals surface area contributed by atoms with Gasteiger partial charge in [0.1, 0.15) is 12.4 Å². The molecule has 0 spiro atoms. The van der Waals surface area contributed by atoms with Crippen molar-refractivity contribution in [1.29, 1.82) is 0 Å². The van der Waals surface area contributed by atoms with Crippen molar-refractivity contribution in [3.8, 4) is 0 Å². The van der Waals surface area contributed by atoms with E-state index in [1.165, 1.54) is 24.8 Å². The van der Waals surface area contributed by atoms with Crippen LogP contribution in [0.2, 0.25) is 0 Å². The number of rotatable bonds is 3. The Labute approximate surface area is 69.6 Å². The predicted molar refractivity (Wildman–Crippen MR) is 48.9 cm³/mol. The molecular weight excluding hydrogens is 134 g/mol. The largest absolute Gasteiger partial charge is 0.276 e. The number of unbranched alkanes of at least 4 members (excludes halogenated alkanes) is 1. The summed E-state index contributed by atoms with van der Waals surface area (Å²) >= 11 is 0. The summed E-state index contributed by atoms with van der Waals surface area (Å²) in [6.45, 7) is 2.24. The summed E-state index contributed by atoms with van der Waals surface area (Å²) in [6, 6.07) is 0. The van der Waals surface area contributed by atoms with Crippen LogP contribution in [0, 0.1) is 0 Å². The van der Waals surface area contributed by atoms with Gasteiger partial charge in [0.2, 0.25) is 0 Å². The van der Waals surface area contributed by atoms with Crippen molar-refractivity contribution in [3.05, 3.63) is 24.0 Å². The lowest BCUT2D eigenvalue weighted by Gasteiger charge is -2.15. The van der Waals surface area contributed by atoms with Gasteiger partial charge in [-0.3, -0.25) is 4.48 Å². The number of quaternary nitrogens is 1. The Morgan fingerprint density at radius 1 is 1.36 bits per heavy atom. The maximum absolute atomic E-state index is 2.32. The highest BCUT2D eigenvalue weighted by Crippen LogP contribution is 2.19. The molecule has 62 valence electrons. The van der Waals surface area contributed by atoms with Gasteiger partial charge < -0.3 is 0 Å². The van der Waals surface area contributed by atoms with Crippen molar-refractivity contribution in [2.75, 3.05) is 14.1 Å². The fraction of sp³-hybridized carbons (Fsp3) is 0.600. The molecular formula is C10H18N+. The van der Waals surface area contributed by atoms with Gasteiger partial charge in [0.15, 0.2) is 0 Å². The predicted octanol–water partition coefficient (Wildman–Crippen LogP) is 2.66. The molecule has 0 bridgehead atoms. The Morgan fingerprint density at radius 3 is 2.55 bits per heavy atom. The fourth-order valence-electron chi connectivity index (χ4n) is 1.33. The third kappa shape index (κ3) is 2.51. The maximum Gasteiger partial charge on any atom is 0.103 e. The summed E-state index contributed by atoms with van der Waals surface area (Å²) < 4.78 is 0.916. The molecule has 0 atom stereocenters. The molecule has 11 heavy (non-hydrogen) atoms. The van der Waals surface area contributed by atoms with Crippen LogP contribution in [0.25, 0.3) is 0 Å². The molecule has 0 saturated heterocycles. The van der Waals surface area contributed by atoms with Crippen LogP contribution >= 0.6 is 0 Å². The monoisotopic (exact) mass is 152 g/mol. The van der Waals surface area contributed by atoms with Crippen molar-refractivity contribution >= 4 is 0 Å². The average molecular weight is 152 g/mol. The molecule has 0 unspecified atom stereocenters. The molecule has 0 amide bonds. The van der Waals surface area contributed by atoms with Crippen LogP contribution in [0.4, 0.5) is 0 Å². The van der Waals surface area contributed by atoms with Gasteiger partial charge in [-0.25, -0.2) is 0 Å². The van der Waals surface area contributed by atoms with E-state index in [9.17, 15) is 0 Å². The quantitative estimate of drug-likeness (QED) is 0.545. The van der Waals surface area contributed by atoms with Crippen LogP contribution in [0.3, 0.4) is 0 Å². The molecule has 0 aromatic heterocycles. The van der Waals surface area contributed by atoms with E-state index in [0.717, 1.165) is 4.48 Å². The lowest BCUT2D eigenvalue weighted by Crippen LogP contribution is -2.23. The minimum absolute atomic E-state index is 0.916. The van der Waals surface area contributed by atoms with E-state index in [-0.39, 0.29) is 0 Å². The van der Waals surface area contributed by atoms with E-state index < -0.39 is 0 Å². The van der Waals surface area contributed by atoms with Crippen LogP contribution in [-0.4, -0.2) is 18.6 Å². The van der Waals surface area contributed by atoms with Gasteiger partial charge >= 0.3 is 0 Å². The Kier molecular flexibility index (Phi) is 2.50. The molecule has 1 aliphatic rings. The normalized spacial score (nSPS) is 20.5. The SMILES string of the molecule is CCCCC1=C[N+](C)(C)C=C1. The number of nitrogens with zero attached hydrogens (tertiary/aromatic N) is 1. The van der Waals surface area contributed by atoms with Crippen molar-refractivity contribution in [2.24, 2.45) is 0 Å². The Hall–Kier alpha value is -0.560. The van der Waals surface area contributed by atoms with E-state index in [1.54, 1.807) is 0 Å². The van der Waals surface area contributed by atoms with Gasteiger partial charge in [0.05, 0.1) is 14.1 Å². The summed E-state index contributed by atoms with van der Waals surface area (Å²) in [5, 5.41) is 0. The molecule has 0 aliphatic carbocycles. The van der Waals surface area contributed by atoms with E-state index in [2.05, 4.69) is 39.5 Å². The summed E-state index contributed by atoms with van der Waals surface area (Å²) in [5.74, 6) is 0. The minimum Gasteiger partial charge on any atom is -0.276 e. The zero-order valence-corrected chi connectivity index (χ0v) is 7.80. The maximum atomic E-state index is 2.32. The summed E-state index contributed by atoms with van der Waals surface area (Å²) in [5.41, 5.74) is 1.50. The highest BCUT2D eigenvalue weighted by Gasteiger charge is 2.14. The summed E-state index contributed by atoms with van der Waals surface area (Å²) in [6.07, 6.45) is 10.6. The Balaban J connectivity index is 2.44. The van der Waals surface area contributed by atoms with Crippen molar-refractivity contribution in [1.82, 2.24) is 0 Å². The molecule has 0 radical (unpaired) electrons. The van der Waals surface area contributed by atoms with Crippen LogP contribution in [0.5, 0.6) is 0 Å². The van der Waals surface area contributed by atoms with Gasteiger partial charge in [-0.15, -0.1) is 0 Å². The molecule has 0 N–H and O–H groups in total. The smallest absolute Gasteiger partial charge is 0.103 e. The zero-order chi connectivity index (χ0) is 8.32. The Bertz CT molecular complexity index is 187. The topological polar surface area (TPSA) is 0 Å². The van der Waals surface area contributed by atoms with Crippen LogP contribution in [0.1, 0.15) is 26.2 Å². The molecule has 0 saturated carbocycles. The molecule has 1 aliphatic heterocycles. The van der Waals surface area contributed by atoms with Crippen molar-refractivity contribution in [2.45, 2.75) is 26.2 Å². The molecule has 1 heteroatoms. The number of allylic oxidation sites excluding steroid dienone is 2. The van der Waals surface area contributed by atoms with Crippen LogP contribution in [0.15, 0.2) is 24.0 Å². The Morgan fingerprint density at radius 2 is 2.09 bits per heavy atom. The summed E-state index contributed by atoms with van der Waals surface area (Å²) in [7, 11) is 4.38. The van der Waals surface area contributed by atoms with Crippen molar-refractivity contribution < 1.29 is 4.48 Å². The average Bonchev–Trinajstić information content (AvgIpc) is 2.26. The fourth-order valence-corrected chi connectivity index (χ4v) is 1.33. The highest BCUT2D eigenvalue weighted by molar-refractivity contribution is 5.19. The van der Waals surface area contributed by atoms with Crippen LogP contribution in [-0.2, 0) is 0 Å². The first-order valence-electron chi connectivity index (χ1n) is 4.38. The molecule has 1 heterocycles. The summed E-state index contributed by atoms with van der Waals surface area (Å²) in [4.78, 5) is 0. The van der Waals surface area contributed by atoms with Crippen LogP contribution < -0.4 is 0 Å². The first-order valence-corrected chi connectivity index (χ1v) is 4.38. The van der Waals surface area contributed by atoms with Gasteiger partial charge in [-0.2, -0.15) is 0 Å². The first-order chi connectivity index (χ1) is 5.14. The minimum atomic E-state index is 0.916. The second-order valence-corrected chi connectivity index (χ2v) is 3.75. The second kappa shape index (κ2) is 3.22. The highest BCUT2D eigenvalue weighted by atomic mass is 15.3. The van der Waals surface area contributed by atoms with E-state index >= 15 is 0 Å². The molecule has 0 aromatic carbocycles. The molecule has 0 aromatic rings. The van der Waals surface area contributed by atoms with Gasteiger partial charge in [0, 0.05) is 11.6 Å². The third-order valence-corrected chi connectivity index (χ3v) is 1.99. The van der Waals surface area contributed by atoms with E-state index in [1.807, 2.05) is 0 Å². The standard InChI is InChI=1S/C10H18N/c1-4-5-6-10-7-8-11(2,3)9-10/h7-9H,4-6H2,1-3H3/q+1. The van der Waals surface area contributed by atoms with Gasteiger partial charge in [-0.1, -0.05) is 13.3 Å².